The fourth-order valence-electron chi connectivity index (χ4n) is 2.41. The highest BCUT2D eigenvalue weighted by Gasteiger charge is 2.19. The fraction of sp³-hybridized carbons (Fsp3) is 0.125. The Kier molecular flexibility index (Phi) is 3.28. The van der Waals surface area contributed by atoms with E-state index >= 15 is 0 Å². The minimum Gasteiger partial charge on any atom is -0.464 e. The molecule has 1 aromatic heterocycles. The molecule has 0 amide bonds. The summed E-state index contributed by atoms with van der Waals surface area (Å²) in [5.74, 6) is 0. The molecule has 0 saturated heterocycles. The highest BCUT2D eigenvalue weighted by atomic mass is 35.5. The number of para-hydroxylation sites is 1. The molecule has 2 nitrogen and oxygen atoms in total. The van der Waals surface area contributed by atoms with Crippen molar-refractivity contribution < 1.29 is 4.42 Å². The van der Waals surface area contributed by atoms with Crippen molar-refractivity contribution >= 4 is 22.6 Å². The van der Waals surface area contributed by atoms with Crippen LogP contribution in [0.5, 0.6) is 0 Å². The molecule has 0 radical (unpaired) electrons. The van der Waals surface area contributed by atoms with Gasteiger partial charge in [0, 0.05) is 16.0 Å². The van der Waals surface area contributed by atoms with Crippen LogP contribution < -0.4 is 5.32 Å². The van der Waals surface area contributed by atoms with E-state index in [0.717, 1.165) is 27.1 Å². The maximum absolute atomic E-state index is 6.30. The van der Waals surface area contributed by atoms with Crippen molar-refractivity contribution in [2.24, 2.45) is 0 Å². The van der Waals surface area contributed by atoms with Crippen molar-refractivity contribution in [2.45, 2.75) is 6.04 Å². The first kappa shape index (κ1) is 12.3. The van der Waals surface area contributed by atoms with Crippen molar-refractivity contribution in [3.63, 3.8) is 0 Å². The van der Waals surface area contributed by atoms with E-state index in [4.69, 9.17) is 16.0 Å². The standard InChI is InChI=1S/C16H14ClNO/c1-18-16(12-7-2-4-8-14(12)17)13-10-19-15-9-5-3-6-11(13)15/h2-10,16,18H,1H3. The van der Waals surface area contributed by atoms with Gasteiger partial charge in [0.15, 0.2) is 0 Å². The quantitative estimate of drug-likeness (QED) is 0.764. The van der Waals surface area contributed by atoms with Crippen LogP contribution >= 0.6 is 11.6 Å². The van der Waals surface area contributed by atoms with Crippen molar-refractivity contribution in [1.82, 2.24) is 5.32 Å². The molecular weight excluding hydrogens is 258 g/mol. The molecule has 2 aromatic carbocycles. The Morgan fingerprint density at radius 1 is 1.00 bits per heavy atom. The van der Waals surface area contributed by atoms with Gasteiger partial charge in [-0.05, 0) is 24.7 Å². The SMILES string of the molecule is CNC(c1ccccc1Cl)c1coc2ccccc12. The van der Waals surface area contributed by atoms with Crippen LogP contribution in [0.3, 0.4) is 0 Å². The molecule has 19 heavy (non-hydrogen) atoms. The van der Waals surface area contributed by atoms with Gasteiger partial charge in [-0.2, -0.15) is 0 Å². The molecule has 1 atom stereocenters. The van der Waals surface area contributed by atoms with Crippen molar-refractivity contribution in [2.75, 3.05) is 7.05 Å². The minimum absolute atomic E-state index is 0.0253. The summed E-state index contributed by atoms with van der Waals surface area (Å²) in [6.45, 7) is 0. The van der Waals surface area contributed by atoms with Crippen molar-refractivity contribution in [3.05, 3.63) is 70.9 Å². The summed E-state index contributed by atoms with van der Waals surface area (Å²) in [7, 11) is 1.93. The molecule has 96 valence electrons. The third-order valence-electron chi connectivity index (χ3n) is 3.33. The Morgan fingerprint density at radius 2 is 1.74 bits per heavy atom. The number of rotatable bonds is 3. The predicted octanol–water partition coefficient (Wildman–Crippen LogP) is 4.40. The lowest BCUT2D eigenvalue weighted by molar-refractivity contribution is 0.597. The Hall–Kier alpha value is -1.77. The lowest BCUT2D eigenvalue weighted by Gasteiger charge is -2.17. The van der Waals surface area contributed by atoms with Crippen LogP contribution in [0.25, 0.3) is 11.0 Å². The third-order valence-corrected chi connectivity index (χ3v) is 3.67. The first-order chi connectivity index (χ1) is 9.31. The van der Waals surface area contributed by atoms with E-state index < -0.39 is 0 Å². The average Bonchev–Trinajstić information content (AvgIpc) is 2.86. The second kappa shape index (κ2) is 5.08. The summed E-state index contributed by atoms with van der Waals surface area (Å²) in [6.07, 6.45) is 1.80. The van der Waals surface area contributed by atoms with Crippen molar-refractivity contribution in [1.29, 1.82) is 0 Å². The lowest BCUT2D eigenvalue weighted by atomic mass is 9.98. The Balaban J connectivity index is 2.15. The summed E-state index contributed by atoms with van der Waals surface area (Å²) in [4.78, 5) is 0. The lowest BCUT2D eigenvalue weighted by Crippen LogP contribution is -2.17. The van der Waals surface area contributed by atoms with Crippen LogP contribution in [-0.4, -0.2) is 7.05 Å². The van der Waals surface area contributed by atoms with Crippen LogP contribution in [0.15, 0.2) is 59.2 Å². The number of fused-ring (bicyclic) bond motifs is 1. The second-order valence-corrected chi connectivity index (χ2v) is 4.84. The first-order valence-electron chi connectivity index (χ1n) is 6.19. The summed E-state index contributed by atoms with van der Waals surface area (Å²) in [5, 5.41) is 5.18. The topological polar surface area (TPSA) is 25.2 Å². The summed E-state index contributed by atoms with van der Waals surface area (Å²) < 4.78 is 5.61. The number of halogens is 1. The highest BCUT2D eigenvalue weighted by Crippen LogP contribution is 2.33. The van der Waals surface area contributed by atoms with Gasteiger partial charge in [-0.15, -0.1) is 0 Å². The van der Waals surface area contributed by atoms with Gasteiger partial charge < -0.3 is 9.73 Å². The molecule has 1 unspecified atom stereocenters. The molecule has 0 aliphatic heterocycles. The van der Waals surface area contributed by atoms with Gasteiger partial charge >= 0.3 is 0 Å². The molecule has 0 saturated carbocycles. The van der Waals surface area contributed by atoms with E-state index in [2.05, 4.69) is 11.4 Å². The molecular formula is C16H14ClNO. The first-order valence-corrected chi connectivity index (χ1v) is 6.57. The molecule has 0 aliphatic rings. The fourth-order valence-corrected chi connectivity index (χ4v) is 2.65. The highest BCUT2D eigenvalue weighted by molar-refractivity contribution is 6.31. The van der Waals surface area contributed by atoms with Gasteiger partial charge in [0.05, 0.1) is 12.3 Å². The summed E-state index contributed by atoms with van der Waals surface area (Å²) >= 11 is 6.30. The summed E-state index contributed by atoms with van der Waals surface area (Å²) in [5.41, 5.74) is 3.05. The van der Waals surface area contributed by atoms with Gasteiger partial charge in [0.1, 0.15) is 5.58 Å². The Labute approximate surface area is 117 Å². The molecule has 3 aromatic rings. The second-order valence-electron chi connectivity index (χ2n) is 4.43. The molecule has 1 N–H and O–H groups in total. The molecule has 3 heteroatoms. The third kappa shape index (κ3) is 2.14. The maximum atomic E-state index is 6.30. The van der Waals surface area contributed by atoms with E-state index in [1.54, 1.807) is 6.26 Å². The van der Waals surface area contributed by atoms with Crippen LogP contribution in [0.1, 0.15) is 17.2 Å². The zero-order valence-electron chi connectivity index (χ0n) is 10.6. The minimum atomic E-state index is 0.0253. The number of nitrogens with one attached hydrogen (secondary N) is 1. The van der Waals surface area contributed by atoms with Crippen LogP contribution in [-0.2, 0) is 0 Å². The Morgan fingerprint density at radius 3 is 2.53 bits per heavy atom. The van der Waals surface area contributed by atoms with E-state index in [1.807, 2.05) is 49.5 Å². The molecule has 0 bridgehead atoms. The zero-order chi connectivity index (χ0) is 13.2. The van der Waals surface area contributed by atoms with Gasteiger partial charge in [0.2, 0.25) is 0 Å². The van der Waals surface area contributed by atoms with E-state index in [-0.39, 0.29) is 6.04 Å². The normalized spacial score (nSPS) is 12.7. The zero-order valence-corrected chi connectivity index (χ0v) is 11.3. The van der Waals surface area contributed by atoms with Crippen LogP contribution in [0, 0.1) is 0 Å². The van der Waals surface area contributed by atoms with Gasteiger partial charge in [-0.25, -0.2) is 0 Å². The molecule has 0 spiro atoms. The predicted molar refractivity (Wildman–Crippen MR) is 78.6 cm³/mol. The van der Waals surface area contributed by atoms with E-state index in [1.165, 1.54) is 0 Å². The number of furan rings is 1. The van der Waals surface area contributed by atoms with Gasteiger partial charge in [0.25, 0.3) is 0 Å². The largest absolute Gasteiger partial charge is 0.464 e. The van der Waals surface area contributed by atoms with Gasteiger partial charge in [-0.1, -0.05) is 48.0 Å². The smallest absolute Gasteiger partial charge is 0.134 e. The van der Waals surface area contributed by atoms with Gasteiger partial charge in [-0.3, -0.25) is 0 Å². The number of hydrogen-bond donors (Lipinski definition) is 1. The molecule has 0 fully saturated rings. The molecule has 1 heterocycles. The van der Waals surface area contributed by atoms with E-state index in [0.29, 0.717) is 0 Å². The van der Waals surface area contributed by atoms with Crippen molar-refractivity contribution in [3.8, 4) is 0 Å². The summed E-state index contributed by atoms with van der Waals surface area (Å²) in [6, 6.07) is 15.9. The average molecular weight is 272 g/mol. The van der Waals surface area contributed by atoms with E-state index in [9.17, 15) is 0 Å². The number of hydrogen-bond acceptors (Lipinski definition) is 2. The van der Waals surface area contributed by atoms with Crippen LogP contribution in [0.2, 0.25) is 5.02 Å². The Bertz CT molecular complexity index is 705. The van der Waals surface area contributed by atoms with Crippen LogP contribution in [0.4, 0.5) is 0 Å². The monoisotopic (exact) mass is 271 g/mol. The molecule has 3 rings (SSSR count). The molecule has 0 aliphatic carbocycles. The maximum Gasteiger partial charge on any atom is 0.134 e. The number of benzene rings is 2.